The second-order valence-electron chi connectivity index (χ2n) is 7.41. The van der Waals surface area contributed by atoms with E-state index in [1.54, 1.807) is 0 Å². The Morgan fingerprint density at radius 2 is 1.70 bits per heavy atom. The van der Waals surface area contributed by atoms with E-state index >= 15 is 0 Å². The maximum atomic E-state index is 4.23. The van der Waals surface area contributed by atoms with Crippen LogP contribution in [0.4, 0.5) is 5.69 Å². The summed E-state index contributed by atoms with van der Waals surface area (Å²) in [6.07, 6.45) is 6.21. The minimum atomic E-state index is 0.638. The number of benzene rings is 2. The highest BCUT2D eigenvalue weighted by Crippen LogP contribution is 2.27. The number of aromatic nitrogens is 1. The lowest BCUT2D eigenvalue weighted by atomic mass is 10.0. The Kier molecular flexibility index (Phi) is 5.50. The monoisotopic (exact) mass is 357 g/mol. The van der Waals surface area contributed by atoms with E-state index in [1.807, 2.05) is 18.5 Å². The molecule has 1 saturated heterocycles. The Labute approximate surface area is 162 Å². The number of rotatable bonds is 5. The van der Waals surface area contributed by atoms with Crippen LogP contribution in [0.5, 0.6) is 0 Å². The van der Waals surface area contributed by atoms with Gasteiger partial charge < -0.3 is 4.90 Å². The van der Waals surface area contributed by atoms with Crippen molar-refractivity contribution in [3.8, 4) is 11.1 Å². The minimum Gasteiger partial charge on any atom is -0.371 e. The van der Waals surface area contributed by atoms with Crippen molar-refractivity contribution in [1.29, 1.82) is 0 Å². The van der Waals surface area contributed by atoms with E-state index in [2.05, 4.69) is 82.5 Å². The predicted octanol–water partition coefficient (Wildman–Crippen LogP) is 4.85. The summed E-state index contributed by atoms with van der Waals surface area (Å²) in [5, 5.41) is 0. The molecule has 1 fully saturated rings. The zero-order valence-corrected chi connectivity index (χ0v) is 16.0. The van der Waals surface area contributed by atoms with Crippen LogP contribution in [0.25, 0.3) is 11.1 Å². The molecule has 0 spiro atoms. The van der Waals surface area contributed by atoms with E-state index in [0.29, 0.717) is 6.04 Å². The molecule has 3 aromatic rings. The number of hydrogen-bond donors (Lipinski definition) is 0. The summed E-state index contributed by atoms with van der Waals surface area (Å²) in [6, 6.07) is 24.4. The van der Waals surface area contributed by atoms with Gasteiger partial charge in [0, 0.05) is 43.8 Å². The molecule has 0 aliphatic carbocycles. The minimum absolute atomic E-state index is 0.638. The van der Waals surface area contributed by atoms with Gasteiger partial charge in [0.05, 0.1) is 0 Å². The first-order chi connectivity index (χ1) is 13.3. The molecule has 0 amide bonds. The van der Waals surface area contributed by atoms with Crippen LogP contribution >= 0.6 is 0 Å². The van der Waals surface area contributed by atoms with Crippen molar-refractivity contribution in [1.82, 2.24) is 9.88 Å². The van der Waals surface area contributed by atoms with E-state index in [1.165, 1.54) is 35.2 Å². The van der Waals surface area contributed by atoms with Gasteiger partial charge in [-0.15, -0.1) is 0 Å². The molecular formula is C24H27N3. The average Bonchev–Trinajstić information content (AvgIpc) is 2.75. The largest absolute Gasteiger partial charge is 0.371 e. The molecule has 138 valence electrons. The Bertz CT molecular complexity index is 840. The molecule has 0 atom stereocenters. The van der Waals surface area contributed by atoms with Gasteiger partial charge in [-0.1, -0.05) is 48.5 Å². The summed E-state index contributed by atoms with van der Waals surface area (Å²) in [5.74, 6) is 0. The standard InChI is InChI=1S/C24H27N3/c1-26(19-20-7-6-14-25-18-20)23-12-15-27(16-13-23)24-11-5-10-22(17-24)21-8-3-2-4-9-21/h2-11,14,17-18,23H,12-13,15-16,19H2,1H3. The Morgan fingerprint density at radius 3 is 2.44 bits per heavy atom. The summed E-state index contributed by atoms with van der Waals surface area (Å²) >= 11 is 0. The van der Waals surface area contributed by atoms with E-state index in [-0.39, 0.29) is 0 Å². The normalized spacial score (nSPS) is 15.3. The van der Waals surface area contributed by atoms with Crippen molar-refractivity contribution in [3.05, 3.63) is 84.7 Å². The van der Waals surface area contributed by atoms with Crippen molar-refractivity contribution in [2.24, 2.45) is 0 Å². The summed E-state index contributed by atoms with van der Waals surface area (Å²) in [4.78, 5) is 9.24. The van der Waals surface area contributed by atoms with Crippen LogP contribution in [0, 0.1) is 0 Å². The molecule has 0 saturated carbocycles. The topological polar surface area (TPSA) is 19.4 Å². The molecular weight excluding hydrogens is 330 g/mol. The van der Waals surface area contributed by atoms with Gasteiger partial charge in [0.1, 0.15) is 0 Å². The van der Waals surface area contributed by atoms with Gasteiger partial charge in [-0.2, -0.15) is 0 Å². The Morgan fingerprint density at radius 1 is 0.926 bits per heavy atom. The molecule has 1 aromatic heterocycles. The Balaban J connectivity index is 1.38. The second-order valence-corrected chi connectivity index (χ2v) is 7.41. The van der Waals surface area contributed by atoms with Crippen molar-refractivity contribution in [2.45, 2.75) is 25.4 Å². The van der Waals surface area contributed by atoms with Crippen molar-refractivity contribution < 1.29 is 0 Å². The lowest BCUT2D eigenvalue weighted by Crippen LogP contribution is -2.43. The maximum absolute atomic E-state index is 4.23. The van der Waals surface area contributed by atoms with Gasteiger partial charge in [0.25, 0.3) is 0 Å². The molecule has 2 aromatic carbocycles. The number of piperidine rings is 1. The van der Waals surface area contributed by atoms with Crippen LogP contribution < -0.4 is 4.90 Å². The fraction of sp³-hybridized carbons (Fsp3) is 0.292. The third-order valence-corrected chi connectivity index (χ3v) is 5.56. The van der Waals surface area contributed by atoms with E-state index in [4.69, 9.17) is 0 Å². The predicted molar refractivity (Wildman–Crippen MR) is 113 cm³/mol. The zero-order chi connectivity index (χ0) is 18.5. The fourth-order valence-electron chi connectivity index (χ4n) is 3.99. The average molecular weight is 358 g/mol. The van der Waals surface area contributed by atoms with Crippen LogP contribution in [0.2, 0.25) is 0 Å². The molecule has 1 aliphatic rings. The van der Waals surface area contributed by atoms with Crippen LogP contribution in [-0.2, 0) is 6.54 Å². The van der Waals surface area contributed by atoms with Crippen LogP contribution in [0.1, 0.15) is 18.4 Å². The molecule has 1 aliphatic heterocycles. The molecule has 0 radical (unpaired) electrons. The molecule has 0 unspecified atom stereocenters. The number of hydrogen-bond acceptors (Lipinski definition) is 3. The van der Waals surface area contributed by atoms with Crippen LogP contribution in [0.15, 0.2) is 79.1 Å². The quantitative estimate of drug-likeness (QED) is 0.651. The molecule has 0 bridgehead atoms. The lowest BCUT2D eigenvalue weighted by Gasteiger charge is -2.38. The summed E-state index contributed by atoms with van der Waals surface area (Å²) in [5.41, 5.74) is 5.21. The van der Waals surface area contributed by atoms with E-state index in [9.17, 15) is 0 Å². The van der Waals surface area contributed by atoms with Gasteiger partial charge in [-0.3, -0.25) is 9.88 Å². The second kappa shape index (κ2) is 8.36. The van der Waals surface area contributed by atoms with Gasteiger partial charge in [-0.05, 0) is 54.8 Å². The summed E-state index contributed by atoms with van der Waals surface area (Å²) < 4.78 is 0. The summed E-state index contributed by atoms with van der Waals surface area (Å²) in [6.45, 7) is 3.20. The first kappa shape index (κ1) is 17.7. The smallest absolute Gasteiger partial charge is 0.0372 e. The lowest BCUT2D eigenvalue weighted by molar-refractivity contribution is 0.200. The number of anilines is 1. The van der Waals surface area contributed by atoms with Gasteiger partial charge in [0.2, 0.25) is 0 Å². The SMILES string of the molecule is CN(Cc1cccnc1)C1CCN(c2cccc(-c3ccccc3)c2)CC1. The van der Waals surface area contributed by atoms with Gasteiger partial charge in [0.15, 0.2) is 0 Å². The van der Waals surface area contributed by atoms with Crippen LogP contribution in [0.3, 0.4) is 0 Å². The first-order valence-corrected chi connectivity index (χ1v) is 9.79. The van der Waals surface area contributed by atoms with E-state index in [0.717, 1.165) is 19.6 Å². The third-order valence-electron chi connectivity index (χ3n) is 5.56. The van der Waals surface area contributed by atoms with Crippen molar-refractivity contribution >= 4 is 5.69 Å². The fourth-order valence-corrected chi connectivity index (χ4v) is 3.99. The number of pyridine rings is 1. The first-order valence-electron chi connectivity index (χ1n) is 9.79. The Hall–Kier alpha value is -2.65. The van der Waals surface area contributed by atoms with Gasteiger partial charge in [-0.25, -0.2) is 0 Å². The van der Waals surface area contributed by atoms with Crippen LogP contribution in [-0.4, -0.2) is 36.1 Å². The third kappa shape index (κ3) is 4.37. The molecule has 27 heavy (non-hydrogen) atoms. The number of nitrogens with zero attached hydrogens (tertiary/aromatic N) is 3. The molecule has 2 heterocycles. The van der Waals surface area contributed by atoms with E-state index < -0.39 is 0 Å². The zero-order valence-electron chi connectivity index (χ0n) is 16.0. The molecule has 4 rings (SSSR count). The maximum Gasteiger partial charge on any atom is 0.0372 e. The summed E-state index contributed by atoms with van der Waals surface area (Å²) in [7, 11) is 2.24. The van der Waals surface area contributed by atoms with Gasteiger partial charge >= 0.3 is 0 Å². The molecule has 0 N–H and O–H groups in total. The highest BCUT2D eigenvalue weighted by Gasteiger charge is 2.22. The van der Waals surface area contributed by atoms with Crippen molar-refractivity contribution in [2.75, 3.05) is 25.0 Å². The molecule has 3 heteroatoms. The van der Waals surface area contributed by atoms with Crippen molar-refractivity contribution in [3.63, 3.8) is 0 Å². The highest BCUT2D eigenvalue weighted by molar-refractivity contribution is 5.68. The highest BCUT2D eigenvalue weighted by atomic mass is 15.2. The molecule has 3 nitrogen and oxygen atoms in total.